The zero-order valence-electron chi connectivity index (χ0n) is 15.4. The van der Waals surface area contributed by atoms with Crippen LogP contribution in [0.25, 0.3) is 10.9 Å². The minimum atomic E-state index is 0.571. The number of fused-ring (bicyclic) bond motifs is 1. The van der Waals surface area contributed by atoms with E-state index in [0.717, 1.165) is 35.6 Å². The molecule has 3 nitrogen and oxygen atoms in total. The predicted molar refractivity (Wildman–Crippen MR) is 108 cm³/mol. The molecule has 2 heterocycles. The van der Waals surface area contributed by atoms with E-state index in [4.69, 9.17) is 9.72 Å². The number of pyridine rings is 1. The Morgan fingerprint density at radius 2 is 1.69 bits per heavy atom. The van der Waals surface area contributed by atoms with Gasteiger partial charge in [0.15, 0.2) is 0 Å². The Morgan fingerprint density at radius 3 is 2.50 bits per heavy atom. The lowest BCUT2D eigenvalue weighted by atomic mass is 10.1. The number of hydrogen-bond acceptors (Lipinski definition) is 3. The van der Waals surface area contributed by atoms with Crippen molar-refractivity contribution in [1.29, 1.82) is 0 Å². The molecule has 2 aromatic carbocycles. The molecule has 1 fully saturated rings. The van der Waals surface area contributed by atoms with Gasteiger partial charge in [-0.05, 0) is 49.1 Å². The van der Waals surface area contributed by atoms with Crippen LogP contribution in [-0.4, -0.2) is 18.1 Å². The fraction of sp³-hybridized carbons (Fsp3) is 0.348. The molecule has 0 N–H and O–H groups in total. The van der Waals surface area contributed by atoms with Crippen LogP contribution in [0.2, 0.25) is 0 Å². The van der Waals surface area contributed by atoms with Crippen molar-refractivity contribution in [2.45, 2.75) is 39.2 Å². The van der Waals surface area contributed by atoms with Crippen molar-refractivity contribution in [2.75, 3.05) is 18.0 Å². The van der Waals surface area contributed by atoms with Crippen LogP contribution in [-0.2, 0) is 6.61 Å². The Morgan fingerprint density at radius 1 is 0.885 bits per heavy atom. The van der Waals surface area contributed by atoms with Crippen molar-refractivity contribution in [3.8, 4) is 5.75 Å². The Hall–Kier alpha value is -2.55. The second-order valence-electron chi connectivity index (χ2n) is 7.11. The first-order valence-corrected chi connectivity index (χ1v) is 9.63. The Kier molecular flexibility index (Phi) is 5.05. The first kappa shape index (κ1) is 16.9. The second-order valence-corrected chi connectivity index (χ2v) is 7.11. The lowest BCUT2D eigenvalue weighted by molar-refractivity contribution is 0.308. The highest BCUT2D eigenvalue weighted by Gasteiger charge is 2.13. The van der Waals surface area contributed by atoms with E-state index in [1.165, 1.54) is 36.8 Å². The van der Waals surface area contributed by atoms with Crippen molar-refractivity contribution in [3.63, 3.8) is 0 Å². The SMILES string of the molecule is Cc1ccccc1COc1cccc2ccc(N3CCCCCC3)nc12. The lowest BCUT2D eigenvalue weighted by Gasteiger charge is -2.22. The number of para-hydroxylation sites is 1. The summed E-state index contributed by atoms with van der Waals surface area (Å²) < 4.78 is 6.17. The molecule has 0 amide bonds. The molecular formula is C23H26N2O. The van der Waals surface area contributed by atoms with Gasteiger partial charge in [0.1, 0.15) is 23.7 Å². The van der Waals surface area contributed by atoms with Crippen LogP contribution in [0.1, 0.15) is 36.8 Å². The van der Waals surface area contributed by atoms with E-state index in [1.807, 2.05) is 12.1 Å². The standard InChI is InChI=1S/C23H26N2O/c1-18-9-4-5-10-20(18)17-26-21-12-8-11-19-13-14-22(24-23(19)21)25-15-6-2-3-7-16-25/h4-5,8-14H,2-3,6-7,15-17H2,1H3. The maximum absolute atomic E-state index is 6.17. The molecule has 3 aromatic rings. The number of anilines is 1. The molecule has 1 aliphatic rings. The molecule has 0 spiro atoms. The van der Waals surface area contributed by atoms with Gasteiger partial charge in [0.05, 0.1) is 0 Å². The van der Waals surface area contributed by atoms with Crippen molar-refractivity contribution in [1.82, 2.24) is 4.98 Å². The predicted octanol–water partition coefficient (Wildman–Crippen LogP) is 5.50. The molecule has 0 unspecified atom stereocenters. The molecule has 1 saturated heterocycles. The number of nitrogens with zero attached hydrogens (tertiary/aromatic N) is 2. The summed E-state index contributed by atoms with van der Waals surface area (Å²) in [5.74, 6) is 1.94. The Balaban J connectivity index is 1.61. The molecule has 1 aliphatic heterocycles. The smallest absolute Gasteiger partial charge is 0.146 e. The maximum Gasteiger partial charge on any atom is 0.146 e. The summed E-state index contributed by atoms with van der Waals surface area (Å²) in [7, 11) is 0. The van der Waals surface area contributed by atoms with Gasteiger partial charge in [0.2, 0.25) is 0 Å². The second kappa shape index (κ2) is 7.77. The van der Waals surface area contributed by atoms with E-state index in [9.17, 15) is 0 Å². The number of benzene rings is 2. The maximum atomic E-state index is 6.17. The summed E-state index contributed by atoms with van der Waals surface area (Å²) in [5.41, 5.74) is 3.43. The van der Waals surface area contributed by atoms with Gasteiger partial charge in [0, 0.05) is 18.5 Å². The molecule has 134 valence electrons. The van der Waals surface area contributed by atoms with Crippen molar-refractivity contribution >= 4 is 16.7 Å². The number of aromatic nitrogens is 1. The van der Waals surface area contributed by atoms with Crippen LogP contribution in [0.4, 0.5) is 5.82 Å². The molecule has 1 aromatic heterocycles. The van der Waals surface area contributed by atoms with E-state index in [0.29, 0.717) is 6.61 Å². The third kappa shape index (κ3) is 3.67. The molecule has 26 heavy (non-hydrogen) atoms. The van der Waals surface area contributed by atoms with Crippen LogP contribution in [0.5, 0.6) is 5.75 Å². The molecule has 0 aliphatic carbocycles. The molecule has 3 heteroatoms. The summed E-state index contributed by atoms with van der Waals surface area (Å²) in [6.07, 6.45) is 5.17. The van der Waals surface area contributed by atoms with Crippen LogP contribution < -0.4 is 9.64 Å². The molecule has 4 rings (SSSR count). The fourth-order valence-electron chi connectivity index (χ4n) is 3.63. The quantitative estimate of drug-likeness (QED) is 0.623. The summed E-state index contributed by atoms with van der Waals surface area (Å²) in [6.45, 7) is 4.90. The highest BCUT2D eigenvalue weighted by atomic mass is 16.5. The van der Waals surface area contributed by atoms with Gasteiger partial charge in [-0.25, -0.2) is 4.98 Å². The minimum Gasteiger partial charge on any atom is -0.487 e. The Bertz CT molecular complexity index is 882. The van der Waals surface area contributed by atoms with Gasteiger partial charge in [-0.2, -0.15) is 0 Å². The molecular weight excluding hydrogens is 320 g/mol. The minimum absolute atomic E-state index is 0.571. The van der Waals surface area contributed by atoms with Gasteiger partial charge in [0.25, 0.3) is 0 Å². The summed E-state index contributed by atoms with van der Waals surface area (Å²) in [5, 5.41) is 1.13. The van der Waals surface area contributed by atoms with Gasteiger partial charge in [-0.3, -0.25) is 0 Å². The molecule has 0 bridgehead atoms. The zero-order chi connectivity index (χ0) is 17.8. The zero-order valence-corrected chi connectivity index (χ0v) is 15.4. The lowest BCUT2D eigenvalue weighted by Crippen LogP contribution is -2.24. The largest absolute Gasteiger partial charge is 0.487 e. The fourth-order valence-corrected chi connectivity index (χ4v) is 3.63. The van der Waals surface area contributed by atoms with Crippen molar-refractivity contribution < 1.29 is 4.74 Å². The first-order valence-electron chi connectivity index (χ1n) is 9.63. The highest BCUT2D eigenvalue weighted by molar-refractivity contribution is 5.86. The van der Waals surface area contributed by atoms with E-state index in [-0.39, 0.29) is 0 Å². The van der Waals surface area contributed by atoms with Gasteiger partial charge in [-0.1, -0.05) is 49.2 Å². The average molecular weight is 346 g/mol. The van der Waals surface area contributed by atoms with Crippen molar-refractivity contribution in [2.24, 2.45) is 0 Å². The normalized spacial score (nSPS) is 15.0. The molecule has 0 atom stereocenters. The third-order valence-electron chi connectivity index (χ3n) is 5.24. The average Bonchev–Trinajstić information content (AvgIpc) is 2.96. The van der Waals surface area contributed by atoms with Crippen LogP contribution >= 0.6 is 0 Å². The summed E-state index contributed by atoms with van der Waals surface area (Å²) in [4.78, 5) is 7.40. The van der Waals surface area contributed by atoms with E-state index < -0.39 is 0 Å². The van der Waals surface area contributed by atoms with Crippen molar-refractivity contribution in [3.05, 3.63) is 65.7 Å². The summed E-state index contributed by atoms with van der Waals surface area (Å²) >= 11 is 0. The molecule has 0 radical (unpaired) electrons. The first-order chi connectivity index (χ1) is 12.8. The number of rotatable bonds is 4. The van der Waals surface area contributed by atoms with Gasteiger partial charge < -0.3 is 9.64 Å². The van der Waals surface area contributed by atoms with E-state index >= 15 is 0 Å². The number of hydrogen-bond donors (Lipinski definition) is 0. The topological polar surface area (TPSA) is 25.4 Å². The number of ether oxygens (including phenoxy) is 1. The number of aryl methyl sites for hydroxylation is 1. The monoisotopic (exact) mass is 346 g/mol. The van der Waals surface area contributed by atoms with Crippen LogP contribution in [0.15, 0.2) is 54.6 Å². The summed E-state index contributed by atoms with van der Waals surface area (Å²) in [6, 6.07) is 18.9. The van der Waals surface area contributed by atoms with E-state index in [2.05, 4.69) is 54.3 Å². The highest BCUT2D eigenvalue weighted by Crippen LogP contribution is 2.28. The van der Waals surface area contributed by atoms with E-state index in [1.54, 1.807) is 0 Å². The van der Waals surface area contributed by atoms with Gasteiger partial charge in [-0.15, -0.1) is 0 Å². The van der Waals surface area contributed by atoms with Crippen LogP contribution in [0.3, 0.4) is 0 Å². The Labute approximate surface area is 155 Å². The third-order valence-corrected chi connectivity index (χ3v) is 5.24. The molecule has 0 saturated carbocycles. The van der Waals surface area contributed by atoms with Gasteiger partial charge >= 0.3 is 0 Å². The van der Waals surface area contributed by atoms with Crippen LogP contribution in [0, 0.1) is 6.92 Å².